The second-order valence-electron chi connectivity index (χ2n) is 10.5. The van der Waals surface area contributed by atoms with Crippen LogP contribution in [-0.2, 0) is 35.3 Å². The molecule has 1 fully saturated rings. The summed E-state index contributed by atoms with van der Waals surface area (Å²) in [4.78, 5) is 60.5. The number of primary amides is 1. The van der Waals surface area contributed by atoms with Gasteiger partial charge in [-0.25, -0.2) is 9.59 Å². The highest BCUT2D eigenvalue weighted by molar-refractivity contribution is 5.99. The predicted molar refractivity (Wildman–Crippen MR) is 152 cm³/mol. The van der Waals surface area contributed by atoms with Gasteiger partial charge in [0.1, 0.15) is 36.7 Å². The number of nitrogens with two attached hydrogens (primary N) is 1. The molecular weight excluding hydrogens is 586 g/mol. The molecule has 4 amide bonds. The minimum atomic E-state index is -1.95. The van der Waals surface area contributed by atoms with Gasteiger partial charge < -0.3 is 61.6 Å². The van der Waals surface area contributed by atoms with Gasteiger partial charge in [0.05, 0.1) is 11.7 Å². The highest BCUT2D eigenvalue weighted by Crippen LogP contribution is 2.31. The number of amides is 4. The lowest BCUT2D eigenvalue weighted by molar-refractivity contribution is -0.271. The first-order chi connectivity index (χ1) is 20.7. The molecule has 0 aromatic heterocycles. The SMILES string of the molecule is CNC(C(=O)NC(CCCNC(N)=O)C(=O)Nc1cc(COC(C)=O)ccc1O[C@@H]1O[C@H](C(=O)O)[C@@H](O)[C@H](O)[C@H]1O)C(C)C. The molecule has 0 saturated carbocycles. The Morgan fingerprint density at radius 3 is 2.30 bits per heavy atom. The number of rotatable bonds is 15. The van der Waals surface area contributed by atoms with Gasteiger partial charge in [0.2, 0.25) is 18.1 Å². The Hall–Kier alpha value is -4.03. The molecule has 1 aliphatic rings. The van der Waals surface area contributed by atoms with Crippen LogP contribution in [0, 0.1) is 5.92 Å². The molecule has 0 radical (unpaired) electrons. The number of carboxylic acids is 1. The molecule has 17 heteroatoms. The van der Waals surface area contributed by atoms with Crippen LogP contribution in [0.5, 0.6) is 5.75 Å². The third-order valence-corrected chi connectivity index (χ3v) is 6.66. The lowest BCUT2D eigenvalue weighted by atomic mass is 9.99. The van der Waals surface area contributed by atoms with Crippen LogP contribution < -0.4 is 31.7 Å². The number of carboxylic acid groups (broad SMARTS) is 1. The zero-order chi connectivity index (χ0) is 33.1. The van der Waals surface area contributed by atoms with E-state index in [0.29, 0.717) is 5.56 Å². The smallest absolute Gasteiger partial charge is 0.335 e. The molecule has 2 unspecified atom stereocenters. The molecule has 246 valence electrons. The molecule has 0 aliphatic carbocycles. The van der Waals surface area contributed by atoms with E-state index in [1.54, 1.807) is 7.05 Å². The summed E-state index contributed by atoms with van der Waals surface area (Å²) in [7, 11) is 1.60. The van der Waals surface area contributed by atoms with Gasteiger partial charge in [-0.15, -0.1) is 0 Å². The average Bonchev–Trinajstić information content (AvgIpc) is 2.94. The summed E-state index contributed by atoms with van der Waals surface area (Å²) in [5.74, 6) is -3.64. The number of aliphatic hydroxyl groups excluding tert-OH is 3. The second-order valence-corrected chi connectivity index (χ2v) is 10.5. The minimum Gasteiger partial charge on any atom is -0.479 e. The third-order valence-electron chi connectivity index (χ3n) is 6.66. The number of anilines is 1. The fourth-order valence-electron chi connectivity index (χ4n) is 4.36. The maximum absolute atomic E-state index is 13.5. The van der Waals surface area contributed by atoms with Crippen molar-refractivity contribution >= 4 is 35.5 Å². The Labute approximate surface area is 253 Å². The number of urea groups is 1. The fraction of sp³-hybridized carbons (Fsp3) is 0.593. The zero-order valence-electron chi connectivity index (χ0n) is 24.8. The molecule has 1 aromatic carbocycles. The molecular formula is C27H41N5O12. The minimum absolute atomic E-state index is 0.0496. The van der Waals surface area contributed by atoms with E-state index < -0.39 is 72.6 Å². The quantitative estimate of drug-likeness (QED) is 0.0763. The van der Waals surface area contributed by atoms with E-state index in [4.69, 9.17) is 19.9 Å². The van der Waals surface area contributed by atoms with Gasteiger partial charge >= 0.3 is 18.0 Å². The Bertz CT molecular complexity index is 1180. The Balaban J connectivity index is 2.39. The van der Waals surface area contributed by atoms with Crippen LogP contribution in [0.3, 0.4) is 0 Å². The van der Waals surface area contributed by atoms with Crippen LogP contribution in [0.2, 0.25) is 0 Å². The van der Waals surface area contributed by atoms with Crippen molar-refractivity contribution in [2.24, 2.45) is 11.7 Å². The van der Waals surface area contributed by atoms with Gasteiger partial charge in [-0.2, -0.15) is 0 Å². The number of aliphatic hydroxyl groups is 3. The summed E-state index contributed by atoms with van der Waals surface area (Å²) in [6.07, 6.45) is -9.17. The standard InChI is InChI=1S/C27H41N5O12/c1-12(2)18(29-4)24(38)31-15(6-5-9-30-27(28)41)23(37)32-16-10-14(11-42-13(3)33)7-8-17(16)43-26-21(36)19(34)20(35)22(44-26)25(39)40/h7-8,10,12,15,18-22,26,29,34-36H,5-6,9,11H2,1-4H3,(H,31,38)(H,32,37)(H,39,40)(H3,28,30,41)/t15?,18?,19-,20-,21+,22-,26+/m0/s1. The van der Waals surface area contributed by atoms with E-state index in [1.807, 2.05) is 13.8 Å². The summed E-state index contributed by atoms with van der Waals surface area (Å²) < 4.78 is 15.9. The Kier molecular flexibility index (Phi) is 13.7. The molecule has 0 spiro atoms. The lowest BCUT2D eigenvalue weighted by Gasteiger charge is -2.38. The van der Waals surface area contributed by atoms with Crippen LogP contribution in [0.4, 0.5) is 10.5 Å². The second kappa shape index (κ2) is 16.7. The normalized spacial score (nSPS) is 22.8. The van der Waals surface area contributed by atoms with E-state index in [0.717, 1.165) is 0 Å². The zero-order valence-corrected chi connectivity index (χ0v) is 24.8. The van der Waals surface area contributed by atoms with E-state index in [9.17, 15) is 44.4 Å². The van der Waals surface area contributed by atoms with Crippen molar-refractivity contribution in [2.75, 3.05) is 18.9 Å². The van der Waals surface area contributed by atoms with Gasteiger partial charge in [-0.3, -0.25) is 14.4 Å². The number of aliphatic carboxylic acids is 1. The first-order valence-electron chi connectivity index (χ1n) is 13.8. The summed E-state index contributed by atoms with van der Waals surface area (Å²) in [6.45, 7) is 4.77. The van der Waals surface area contributed by atoms with E-state index >= 15 is 0 Å². The third kappa shape index (κ3) is 10.3. The molecule has 1 aliphatic heterocycles. The number of nitrogens with one attached hydrogen (secondary N) is 4. The van der Waals surface area contributed by atoms with Gasteiger partial charge in [-0.05, 0) is 43.5 Å². The first-order valence-corrected chi connectivity index (χ1v) is 13.8. The maximum atomic E-state index is 13.5. The summed E-state index contributed by atoms with van der Waals surface area (Å²) in [5.41, 5.74) is 5.45. The molecule has 7 atom stereocenters. The molecule has 17 nitrogen and oxygen atoms in total. The number of likely N-dealkylation sites (N-methyl/N-ethyl adjacent to an activating group) is 1. The van der Waals surface area contributed by atoms with Crippen LogP contribution in [-0.4, -0.2) is 107 Å². The van der Waals surface area contributed by atoms with Crippen molar-refractivity contribution in [3.63, 3.8) is 0 Å². The summed E-state index contributed by atoms with van der Waals surface area (Å²) in [6, 6.07) is 1.64. The molecule has 1 saturated heterocycles. The highest BCUT2D eigenvalue weighted by atomic mass is 16.7. The lowest BCUT2D eigenvalue weighted by Crippen LogP contribution is -2.61. The number of carbonyl (C=O) groups is 5. The van der Waals surface area contributed by atoms with E-state index in [2.05, 4.69) is 21.3 Å². The molecule has 1 heterocycles. The van der Waals surface area contributed by atoms with Crippen molar-refractivity contribution < 1.29 is 58.6 Å². The highest BCUT2D eigenvalue weighted by Gasteiger charge is 2.48. The van der Waals surface area contributed by atoms with Gasteiger partial charge in [0.15, 0.2) is 6.10 Å². The van der Waals surface area contributed by atoms with Gasteiger partial charge in [0, 0.05) is 13.5 Å². The average molecular weight is 628 g/mol. The summed E-state index contributed by atoms with van der Waals surface area (Å²) >= 11 is 0. The molecule has 10 N–H and O–H groups in total. The number of ether oxygens (including phenoxy) is 3. The van der Waals surface area contributed by atoms with Gasteiger partial charge in [0.25, 0.3) is 0 Å². The molecule has 0 bridgehead atoms. The van der Waals surface area contributed by atoms with Crippen molar-refractivity contribution in [2.45, 2.75) is 83.0 Å². The van der Waals surface area contributed by atoms with Crippen molar-refractivity contribution in [1.82, 2.24) is 16.0 Å². The maximum Gasteiger partial charge on any atom is 0.335 e. The van der Waals surface area contributed by atoms with Crippen LogP contribution >= 0.6 is 0 Å². The Morgan fingerprint density at radius 1 is 1.05 bits per heavy atom. The number of benzene rings is 1. The van der Waals surface area contributed by atoms with Crippen molar-refractivity contribution in [1.29, 1.82) is 0 Å². The Morgan fingerprint density at radius 2 is 1.73 bits per heavy atom. The van der Waals surface area contributed by atoms with Crippen molar-refractivity contribution in [3.8, 4) is 5.75 Å². The first kappa shape index (κ1) is 36.2. The number of carbonyl (C=O) groups excluding carboxylic acids is 4. The predicted octanol–water partition coefficient (Wildman–Crippen LogP) is -1.86. The van der Waals surface area contributed by atoms with Crippen LogP contribution in [0.25, 0.3) is 0 Å². The number of hydrogen-bond donors (Lipinski definition) is 9. The molecule has 2 rings (SSSR count). The largest absolute Gasteiger partial charge is 0.479 e. The van der Waals surface area contributed by atoms with Crippen LogP contribution in [0.1, 0.15) is 39.2 Å². The van der Waals surface area contributed by atoms with Crippen LogP contribution in [0.15, 0.2) is 18.2 Å². The number of esters is 1. The topological polar surface area (TPSA) is 268 Å². The monoisotopic (exact) mass is 627 g/mol. The van der Waals surface area contributed by atoms with E-state index in [1.165, 1.54) is 25.1 Å². The van der Waals surface area contributed by atoms with Crippen molar-refractivity contribution in [3.05, 3.63) is 23.8 Å². The fourth-order valence-corrected chi connectivity index (χ4v) is 4.36. The van der Waals surface area contributed by atoms with E-state index in [-0.39, 0.29) is 43.3 Å². The van der Waals surface area contributed by atoms with Gasteiger partial charge in [-0.1, -0.05) is 19.9 Å². The number of hydrogen-bond acceptors (Lipinski definition) is 12. The molecule has 44 heavy (non-hydrogen) atoms. The molecule has 1 aromatic rings. The summed E-state index contributed by atoms with van der Waals surface area (Å²) in [5, 5.41) is 50.5.